The quantitative estimate of drug-likeness (QED) is 0.125. The summed E-state index contributed by atoms with van der Waals surface area (Å²) in [5, 5.41) is 16.4. The first-order valence-electron chi connectivity index (χ1n) is 21.7. The average molecular weight is 833 g/mol. The Morgan fingerprint density at radius 2 is 1.62 bits per heavy atom. The zero-order valence-corrected chi connectivity index (χ0v) is 36.0. The number of hydrogen-bond acceptors (Lipinski definition) is 8. The average Bonchev–Trinajstić information content (AvgIpc) is 3.57. The highest BCUT2D eigenvalue weighted by atomic mass is 19.4. The predicted octanol–water partition coefficient (Wildman–Crippen LogP) is 10.9. The van der Waals surface area contributed by atoms with E-state index in [0.717, 1.165) is 62.5 Å². The van der Waals surface area contributed by atoms with Crippen LogP contribution in [0.5, 0.6) is 5.75 Å². The van der Waals surface area contributed by atoms with E-state index in [0.29, 0.717) is 29.2 Å². The zero-order valence-electron chi connectivity index (χ0n) is 36.0. The molecule has 4 fully saturated rings. The third-order valence-electron chi connectivity index (χ3n) is 16.9. The fourth-order valence-electron chi connectivity index (χ4n) is 13.4. The largest absolute Gasteiger partial charge is 0.490 e. The van der Waals surface area contributed by atoms with E-state index in [2.05, 4.69) is 45.9 Å². The molecule has 0 aliphatic heterocycles. The van der Waals surface area contributed by atoms with Gasteiger partial charge in [-0.1, -0.05) is 103 Å². The van der Waals surface area contributed by atoms with Gasteiger partial charge in [0.25, 0.3) is 5.69 Å². The first kappa shape index (κ1) is 42.3. The fraction of sp³-hybridized carbons (Fsp3) is 0.625. The molecule has 1 heterocycles. The maximum absolute atomic E-state index is 14.7. The molecule has 5 aliphatic carbocycles. The molecule has 8 atom stereocenters. The summed E-state index contributed by atoms with van der Waals surface area (Å²) in [6.45, 7) is 15.8. The molecule has 0 bridgehead atoms. The molecule has 5 aliphatic rings. The summed E-state index contributed by atoms with van der Waals surface area (Å²) in [6.07, 6.45) is 4.50. The molecular weight excluding hydrogens is 774 g/mol. The van der Waals surface area contributed by atoms with Crippen LogP contribution in [0.15, 0.2) is 70.9 Å². The highest BCUT2D eigenvalue weighted by Crippen LogP contribution is 2.76. The lowest BCUT2D eigenvalue weighted by atomic mass is 9.33. The molecule has 0 unspecified atom stereocenters. The highest BCUT2D eigenvalue weighted by molar-refractivity contribution is 5.79. The summed E-state index contributed by atoms with van der Waals surface area (Å²) < 4.78 is 62.4. The summed E-state index contributed by atoms with van der Waals surface area (Å²) >= 11 is 0. The van der Waals surface area contributed by atoms with E-state index in [-0.39, 0.29) is 64.3 Å². The number of esters is 2. The Morgan fingerprint density at radius 1 is 0.883 bits per heavy atom. The van der Waals surface area contributed by atoms with Crippen LogP contribution in [0.1, 0.15) is 124 Å². The highest BCUT2D eigenvalue weighted by Gasteiger charge is 2.70. The predicted molar refractivity (Wildman–Crippen MR) is 216 cm³/mol. The molecular formula is C48H59F3N2O7. The molecule has 1 aromatic heterocycles. The second-order valence-corrected chi connectivity index (χ2v) is 20.7. The van der Waals surface area contributed by atoms with Gasteiger partial charge >= 0.3 is 18.1 Å². The number of alkyl halides is 3. The van der Waals surface area contributed by atoms with Crippen molar-refractivity contribution < 1.29 is 46.5 Å². The normalized spacial score (nSPS) is 34.1. The number of nitrogens with zero attached hydrogens (tertiary/aromatic N) is 2. The van der Waals surface area contributed by atoms with E-state index >= 15 is 0 Å². The Balaban J connectivity index is 1.01. The number of allylic oxidation sites excluding steroid dienone is 2. The SMILES string of the molecule is CC1(C)CC[C@]2(C(=O)OCc3cccc(OCc4c(-c5ccccc5)no[n+]4[O-])c3)CC[C@]3(C)C(=CC[C@@H]4[C@@]5(C)CC[C@H](OC(=O)C(F)(F)F)C(C)(C)[C@@H]5CC[C@]43C)[C@@H]2C1. The van der Waals surface area contributed by atoms with E-state index in [4.69, 9.17) is 18.8 Å². The Labute approximate surface area is 350 Å². The van der Waals surface area contributed by atoms with E-state index in [1.54, 1.807) is 6.07 Å². The Bertz CT molecular complexity index is 2160. The second kappa shape index (κ2) is 14.6. The van der Waals surface area contributed by atoms with Gasteiger partial charge in [-0.2, -0.15) is 13.2 Å². The number of rotatable bonds is 8. The maximum atomic E-state index is 14.7. The summed E-state index contributed by atoms with van der Waals surface area (Å²) in [5.41, 5.74) is 1.92. The van der Waals surface area contributed by atoms with E-state index in [1.807, 2.05) is 62.4 Å². The van der Waals surface area contributed by atoms with E-state index < -0.39 is 29.1 Å². The fourth-order valence-corrected chi connectivity index (χ4v) is 13.4. The van der Waals surface area contributed by atoms with Crippen molar-refractivity contribution in [1.29, 1.82) is 0 Å². The second-order valence-electron chi connectivity index (χ2n) is 20.7. The Kier molecular flexibility index (Phi) is 10.3. The minimum atomic E-state index is -5.02. The van der Waals surface area contributed by atoms with Crippen LogP contribution < -0.4 is 9.64 Å². The molecule has 12 heteroatoms. The number of carbonyl (C=O) groups is 2. The molecule has 3 aromatic rings. The molecule has 2 aromatic carbocycles. The van der Waals surface area contributed by atoms with Gasteiger partial charge in [0.15, 0.2) is 6.61 Å². The number of aromatic nitrogens is 2. The molecule has 4 saturated carbocycles. The van der Waals surface area contributed by atoms with Gasteiger partial charge in [-0.15, -0.1) is 0 Å². The van der Waals surface area contributed by atoms with Crippen LogP contribution in [0.25, 0.3) is 11.3 Å². The van der Waals surface area contributed by atoms with Crippen molar-refractivity contribution in [2.75, 3.05) is 0 Å². The molecule has 9 nitrogen and oxygen atoms in total. The van der Waals surface area contributed by atoms with Crippen molar-refractivity contribution in [2.45, 2.75) is 138 Å². The summed E-state index contributed by atoms with van der Waals surface area (Å²) in [4.78, 5) is 27.1. The minimum absolute atomic E-state index is 0.0283. The van der Waals surface area contributed by atoms with Crippen LogP contribution in [-0.2, 0) is 32.3 Å². The van der Waals surface area contributed by atoms with E-state index in [9.17, 15) is 28.0 Å². The molecule has 0 saturated heterocycles. The molecule has 0 amide bonds. The van der Waals surface area contributed by atoms with Crippen molar-refractivity contribution in [3.63, 3.8) is 0 Å². The maximum Gasteiger partial charge on any atom is 0.490 e. The molecule has 60 heavy (non-hydrogen) atoms. The van der Waals surface area contributed by atoms with Crippen LogP contribution in [-0.4, -0.2) is 29.4 Å². The number of benzene rings is 2. The van der Waals surface area contributed by atoms with Gasteiger partial charge in [0.2, 0.25) is 5.69 Å². The smallest absolute Gasteiger partial charge is 0.485 e. The minimum Gasteiger partial charge on any atom is -0.485 e. The molecule has 0 N–H and O–H groups in total. The van der Waals surface area contributed by atoms with Gasteiger partial charge in [-0.25, -0.2) is 4.79 Å². The standard InChI is InChI=1S/C48H59F3N2O7/c1-42(2)22-24-47(40(54)58-28-30-12-11-15-32(26-30)57-29-35-39(52-60-53(35)56)31-13-9-8-10-14-31)25-23-45(6)33(34(47)27-42)16-17-37-44(5)20-19-38(59-41(55)48(49,50)51)43(3,4)36(44)18-21-46(37,45)7/h8-16,26,34,36-38H,17-25,27-29H2,1-7H3/t34-,36-,37+,38-,44-,45+,46+,47-/m0/s1. The zero-order chi connectivity index (χ0) is 43.1. The summed E-state index contributed by atoms with van der Waals surface area (Å²) in [6, 6.07) is 16.6. The van der Waals surface area contributed by atoms with Crippen LogP contribution in [0.4, 0.5) is 13.2 Å². The first-order valence-corrected chi connectivity index (χ1v) is 21.7. The first-order chi connectivity index (χ1) is 28.1. The van der Waals surface area contributed by atoms with Gasteiger partial charge in [-0.3, -0.25) is 9.42 Å². The lowest BCUT2D eigenvalue weighted by Gasteiger charge is -2.71. The number of hydrogen-bond donors (Lipinski definition) is 0. The van der Waals surface area contributed by atoms with Crippen LogP contribution in [0.3, 0.4) is 0 Å². The van der Waals surface area contributed by atoms with Gasteiger partial charge in [0.05, 0.1) is 5.41 Å². The number of carbonyl (C=O) groups excluding carboxylic acids is 2. The van der Waals surface area contributed by atoms with Crippen molar-refractivity contribution in [3.05, 3.63) is 82.7 Å². The Hall–Kier alpha value is -4.35. The van der Waals surface area contributed by atoms with Gasteiger partial charge < -0.3 is 19.4 Å². The molecule has 8 rings (SSSR count). The third-order valence-corrected chi connectivity index (χ3v) is 16.9. The van der Waals surface area contributed by atoms with Crippen LogP contribution in [0, 0.1) is 55.5 Å². The van der Waals surface area contributed by atoms with Gasteiger partial charge in [0.1, 0.15) is 18.5 Å². The van der Waals surface area contributed by atoms with Crippen molar-refractivity contribution >= 4 is 11.9 Å². The van der Waals surface area contributed by atoms with Crippen molar-refractivity contribution in [1.82, 2.24) is 5.16 Å². The number of halogens is 3. The number of ether oxygens (including phenoxy) is 3. The lowest BCUT2D eigenvalue weighted by molar-refractivity contribution is -0.808. The summed E-state index contributed by atoms with van der Waals surface area (Å²) in [7, 11) is 0. The van der Waals surface area contributed by atoms with Crippen LogP contribution in [0.2, 0.25) is 0 Å². The van der Waals surface area contributed by atoms with Gasteiger partial charge in [-0.05, 0) is 126 Å². The van der Waals surface area contributed by atoms with E-state index in [1.165, 1.54) is 5.57 Å². The monoisotopic (exact) mass is 832 g/mol. The molecule has 324 valence electrons. The third kappa shape index (κ3) is 6.82. The lowest BCUT2D eigenvalue weighted by Crippen LogP contribution is -2.65. The summed E-state index contributed by atoms with van der Waals surface area (Å²) in [5.74, 6) is -1.32. The van der Waals surface area contributed by atoms with Gasteiger partial charge in [0, 0.05) is 16.1 Å². The Morgan fingerprint density at radius 3 is 2.35 bits per heavy atom. The van der Waals surface area contributed by atoms with Crippen molar-refractivity contribution in [2.24, 2.45) is 50.2 Å². The molecule has 0 radical (unpaired) electrons. The van der Waals surface area contributed by atoms with Crippen molar-refractivity contribution in [3.8, 4) is 17.0 Å². The number of fused-ring (bicyclic) bond motifs is 7. The van der Waals surface area contributed by atoms with Crippen LogP contribution >= 0.6 is 0 Å². The topological polar surface area (TPSA) is 115 Å². The molecule has 0 spiro atoms.